The van der Waals surface area contributed by atoms with Gasteiger partial charge in [0.1, 0.15) is 0 Å². The van der Waals surface area contributed by atoms with Crippen LogP contribution in [0, 0.1) is 0 Å². The molecule has 124 valence electrons. The topological polar surface area (TPSA) is 80.2 Å². The summed E-state index contributed by atoms with van der Waals surface area (Å²) in [7, 11) is 0. The molecule has 1 unspecified atom stereocenters. The van der Waals surface area contributed by atoms with Crippen molar-refractivity contribution in [2.24, 2.45) is 0 Å². The van der Waals surface area contributed by atoms with E-state index in [0.717, 1.165) is 23.6 Å². The molecule has 3 aromatic rings. The van der Waals surface area contributed by atoms with E-state index in [9.17, 15) is 5.11 Å². The van der Waals surface area contributed by atoms with Gasteiger partial charge in [0, 0.05) is 37.5 Å². The van der Waals surface area contributed by atoms with Crippen molar-refractivity contribution in [3.05, 3.63) is 54.5 Å². The van der Waals surface area contributed by atoms with E-state index in [1.165, 1.54) is 0 Å². The van der Waals surface area contributed by atoms with Crippen molar-refractivity contribution in [2.75, 3.05) is 13.1 Å². The van der Waals surface area contributed by atoms with Crippen LogP contribution in [0.15, 0.2) is 53.3 Å². The van der Waals surface area contributed by atoms with Crippen molar-refractivity contribution in [1.82, 2.24) is 25.1 Å². The molecule has 0 bridgehead atoms. The fraction of sp³-hybridized carbons (Fsp3) is 0.353. The van der Waals surface area contributed by atoms with Gasteiger partial charge in [0.2, 0.25) is 0 Å². The Morgan fingerprint density at radius 2 is 2.12 bits per heavy atom. The number of hydrogen-bond acceptors (Lipinski definition) is 6. The van der Waals surface area contributed by atoms with Crippen LogP contribution >= 0.6 is 0 Å². The lowest BCUT2D eigenvalue weighted by Gasteiger charge is -2.22. The van der Waals surface area contributed by atoms with Crippen molar-refractivity contribution in [2.45, 2.75) is 25.1 Å². The van der Waals surface area contributed by atoms with Crippen LogP contribution in [0.4, 0.5) is 0 Å². The zero-order valence-electron chi connectivity index (χ0n) is 13.2. The van der Waals surface area contributed by atoms with Gasteiger partial charge in [-0.3, -0.25) is 4.90 Å². The van der Waals surface area contributed by atoms with E-state index < -0.39 is 5.60 Å². The average Bonchev–Trinajstić information content (AvgIpc) is 3.32. The van der Waals surface area contributed by atoms with Crippen LogP contribution in [-0.2, 0) is 13.1 Å². The van der Waals surface area contributed by atoms with Gasteiger partial charge in [0.15, 0.2) is 5.76 Å². The Morgan fingerprint density at radius 1 is 1.25 bits per heavy atom. The number of likely N-dealkylation sites (tertiary alicyclic amines) is 1. The smallest absolute Gasteiger partial charge is 0.167 e. The predicted octanol–water partition coefficient (Wildman–Crippen LogP) is 1.57. The molecule has 1 saturated heterocycles. The molecular formula is C17H19N5O2. The van der Waals surface area contributed by atoms with Crippen LogP contribution in [0.3, 0.4) is 0 Å². The van der Waals surface area contributed by atoms with Crippen LogP contribution in [0.1, 0.15) is 12.1 Å². The highest BCUT2D eigenvalue weighted by Crippen LogP contribution is 2.26. The third kappa shape index (κ3) is 3.22. The minimum atomic E-state index is -0.778. The quantitative estimate of drug-likeness (QED) is 0.767. The van der Waals surface area contributed by atoms with Crippen molar-refractivity contribution >= 4 is 0 Å². The van der Waals surface area contributed by atoms with Crippen LogP contribution < -0.4 is 0 Å². The fourth-order valence-corrected chi connectivity index (χ4v) is 3.18. The SMILES string of the molecule is OC1(Cn2ccnn2)CCN(Cc2cc(-c3ccccc3)on2)C1. The molecule has 0 saturated carbocycles. The maximum atomic E-state index is 10.7. The summed E-state index contributed by atoms with van der Waals surface area (Å²) in [6.45, 7) is 2.52. The second kappa shape index (κ2) is 6.18. The molecule has 7 heteroatoms. The molecule has 4 rings (SSSR count). The number of β-amino-alcohol motifs (C(OH)–C–C–N with tert-alkyl or cyclic N) is 1. The minimum Gasteiger partial charge on any atom is -0.387 e. The Balaban J connectivity index is 1.39. The van der Waals surface area contributed by atoms with E-state index >= 15 is 0 Å². The number of aliphatic hydroxyl groups is 1. The predicted molar refractivity (Wildman–Crippen MR) is 86.8 cm³/mol. The highest BCUT2D eigenvalue weighted by atomic mass is 16.5. The van der Waals surface area contributed by atoms with E-state index in [1.54, 1.807) is 17.1 Å². The first-order valence-electron chi connectivity index (χ1n) is 8.00. The van der Waals surface area contributed by atoms with E-state index in [4.69, 9.17) is 4.52 Å². The maximum Gasteiger partial charge on any atom is 0.167 e. The van der Waals surface area contributed by atoms with Crippen molar-refractivity contribution in [3.8, 4) is 11.3 Å². The summed E-state index contributed by atoms with van der Waals surface area (Å²) >= 11 is 0. The molecule has 7 nitrogen and oxygen atoms in total. The summed E-state index contributed by atoms with van der Waals surface area (Å²) < 4.78 is 7.11. The lowest BCUT2D eigenvalue weighted by Crippen LogP contribution is -2.37. The summed E-state index contributed by atoms with van der Waals surface area (Å²) in [5, 5.41) is 22.6. The summed E-state index contributed by atoms with van der Waals surface area (Å²) in [6, 6.07) is 11.9. The van der Waals surface area contributed by atoms with Crippen molar-refractivity contribution < 1.29 is 9.63 Å². The molecule has 1 aliphatic rings. The third-order valence-corrected chi connectivity index (χ3v) is 4.34. The first kappa shape index (κ1) is 15.0. The molecule has 3 heterocycles. The highest BCUT2D eigenvalue weighted by Gasteiger charge is 2.36. The lowest BCUT2D eigenvalue weighted by molar-refractivity contribution is 0.0272. The molecule has 1 aliphatic heterocycles. The largest absolute Gasteiger partial charge is 0.387 e. The van der Waals surface area contributed by atoms with Crippen molar-refractivity contribution in [1.29, 1.82) is 0 Å². The molecule has 0 aliphatic carbocycles. The van der Waals surface area contributed by atoms with E-state index in [-0.39, 0.29) is 0 Å². The molecule has 0 amide bonds. The molecular weight excluding hydrogens is 306 g/mol. The summed E-state index contributed by atoms with van der Waals surface area (Å²) in [5.41, 5.74) is 1.11. The van der Waals surface area contributed by atoms with Gasteiger partial charge in [0.05, 0.1) is 24.0 Å². The Labute approximate surface area is 139 Å². The molecule has 1 fully saturated rings. The van der Waals surface area contributed by atoms with Crippen LogP contribution in [0.25, 0.3) is 11.3 Å². The molecule has 1 aromatic carbocycles. The third-order valence-electron chi connectivity index (χ3n) is 4.34. The lowest BCUT2D eigenvalue weighted by atomic mass is 10.0. The number of hydrogen-bond donors (Lipinski definition) is 1. The normalized spacial score (nSPS) is 21.4. The number of aromatic nitrogens is 4. The standard InChI is InChI=1S/C17H19N5O2/c23-17(13-22-9-7-18-20-22)6-8-21(12-17)11-15-10-16(24-19-15)14-4-2-1-3-5-14/h1-5,7,9-10,23H,6,8,11-13H2. The first-order chi connectivity index (χ1) is 11.7. The first-order valence-corrected chi connectivity index (χ1v) is 8.00. The van der Waals surface area contributed by atoms with Crippen molar-refractivity contribution in [3.63, 3.8) is 0 Å². The molecule has 1 atom stereocenters. The van der Waals surface area contributed by atoms with Gasteiger partial charge in [-0.1, -0.05) is 40.7 Å². The van der Waals surface area contributed by atoms with Gasteiger partial charge in [-0.25, -0.2) is 4.68 Å². The average molecular weight is 325 g/mol. The second-order valence-corrected chi connectivity index (χ2v) is 6.33. The van der Waals surface area contributed by atoms with Gasteiger partial charge in [0.25, 0.3) is 0 Å². The van der Waals surface area contributed by atoms with Gasteiger partial charge in [-0.2, -0.15) is 0 Å². The van der Waals surface area contributed by atoms with Gasteiger partial charge in [-0.05, 0) is 6.42 Å². The van der Waals surface area contributed by atoms with Gasteiger partial charge < -0.3 is 9.63 Å². The summed E-state index contributed by atoms with van der Waals surface area (Å²) in [5.74, 6) is 0.766. The van der Waals surface area contributed by atoms with Crippen LogP contribution in [0.2, 0.25) is 0 Å². The Hall–Kier alpha value is -2.51. The highest BCUT2D eigenvalue weighted by molar-refractivity contribution is 5.56. The summed E-state index contributed by atoms with van der Waals surface area (Å²) in [4.78, 5) is 2.18. The molecule has 0 radical (unpaired) electrons. The van der Waals surface area contributed by atoms with E-state index in [2.05, 4.69) is 20.4 Å². The Kier molecular flexibility index (Phi) is 3.87. The Morgan fingerprint density at radius 3 is 2.92 bits per heavy atom. The number of rotatable bonds is 5. The maximum absolute atomic E-state index is 10.7. The Bertz CT molecular complexity index is 786. The zero-order chi connectivity index (χ0) is 16.4. The number of nitrogens with zero attached hydrogens (tertiary/aromatic N) is 5. The monoisotopic (exact) mass is 325 g/mol. The van der Waals surface area contributed by atoms with E-state index in [1.807, 2.05) is 36.4 Å². The minimum absolute atomic E-state index is 0.456. The summed E-state index contributed by atoms with van der Waals surface area (Å²) in [6.07, 6.45) is 4.09. The number of benzene rings is 1. The second-order valence-electron chi connectivity index (χ2n) is 6.33. The van der Waals surface area contributed by atoms with Crippen LogP contribution in [0.5, 0.6) is 0 Å². The molecule has 24 heavy (non-hydrogen) atoms. The van der Waals surface area contributed by atoms with E-state index in [0.29, 0.717) is 26.1 Å². The molecule has 0 spiro atoms. The van der Waals surface area contributed by atoms with Crippen LogP contribution in [-0.4, -0.2) is 48.8 Å². The molecule has 2 aromatic heterocycles. The zero-order valence-corrected chi connectivity index (χ0v) is 13.2. The molecule has 1 N–H and O–H groups in total. The van der Waals surface area contributed by atoms with Gasteiger partial charge in [-0.15, -0.1) is 5.10 Å². The fourth-order valence-electron chi connectivity index (χ4n) is 3.18. The van der Waals surface area contributed by atoms with Gasteiger partial charge >= 0.3 is 0 Å².